The summed E-state index contributed by atoms with van der Waals surface area (Å²) in [7, 11) is -2.96. The van der Waals surface area contributed by atoms with E-state index in [2.05, 4.69) is 41.9 Å². The molecular formula is C28H49N7O12S2. The van der Waals surface area contributed by atoms with Crippen molar-refractivity contribution in [3.63, 3.8) is 0 Å². The molecule has 5 rings (SSSR count). The Bertz CT molecular complexity index is 1260. The van der Waals surface area contributed by atoms with Crippen molar-refractivity contribution >= 4 is 34.1 Å². The molecule has 0 aromatic carbocycles. The van der Waals surface area contributed by atoms with Crippen LogP contribution < -0.4 is 26.6 Å². The average molecular weight is 740 g/mol. The fourth-order valence-electron chi connectivity index (χ4n) is 8.34. The molecule has 12 atom stereocenters. The fourth-order valence-corrected chi connectivity index (χ4v) is 10.1. The molecule has 21 heteroatoms. The largest absolute Gasteiger partial charge is 0.481 e. The van der Waals surface area contributed by atoms with Gasteiger partial charge >= 0.3 is 11.9 Å². The Kier molecular flexibility index (Phi) is 13.6. The number of ether oxygens (including phenoxy) is 1. The second-order valence-corrected chi connectivity index (χ2v) is 16.4. The Morgan fingerprint density at radius 3 is 2.22 bits per heavy atom. The summed E-state index contributed by atoms with van der Waals surface area (Å²) in [5, 5.41) is 67.5. The number of nitrogens with one attached hydrogen (secondary N) is 5. The molecule has 4 aliphatic carbocycles. The molecule has 5 fully saturated rings. The summed E-state index contributed by atoms with van der Waals surface area (Å²) in [4.78, 5) is 23.3. The maximum absolute atomic E-state index is 12.5. The minimum atomic E-state index is -4.46. The molecule has 280 valence electrons. The quantitative estimate of drug-likeness (QED) is 0.0402. The van der Waals surface area contributed by atoms with Crippen molar-refractivity contribution in [1.29, 1.82) is 0 Å². The second-order valence-electron chi connectivity index (χ2n) is 13.8. The number of carbonyl (C=O) groups is 2. The van der Waals surface area contributed by atoms with Gasteiger partial charge in [-0.15, -0.1) is 4.33 Å². The summed E-state index contributed by atoms with van der Waals surface area (Å²) in [5.41, 5.74) is 0. The van der Waals surface area contributed by atoms with Crippen LogP contribution >= 0.6 is 12.0 Å². The van der Waals surface area contributed by atoms with E-state index >= 15 is 0 Å². The molecule has 5 aliphatic rings. The minimum absolute atomic E-state index is 0.0269. The first-order valence-electron chi connectivity index (χ1n) is 16.8. The number of aliphatic hydroxyl groups excluding tert-OH is 1. The molecule has 0 amide bonds. The van der Waals surface area contributed by atoms with Crippen LogP contribution in [-0.4, -0.2) is 112 Å². The molecule has 0 aromatic heterocycles. The van der Waals surface area contributed by atoms with Gasteiger partial charge in [-0.25, -0.2) is 5.26 Å². The van der Waals surface area contributed by atoms with Gasteiger partial charge in [-0.05, 0) is 63.7 Å². The third-order valence-corrected chi connectivity index (χ3v) is 12.9. The van der Waals surface area contributed by atoms with Crippen LogP contribution in [-0.2, 0) is 33.8 Å². The van der Waals surface area contributed by atoms with E-state index in [1.165, 1.54) is 7.11 Å². The van der Waals surface area contributed by atoms with E-state index in [1.54, 1.807) is 0 Å². The number of carboxylic acid groups (broad SMARTS) is 2. The van der Waals surface area contributed by atoms with Gasteiger partial charge in [-0.3, -0.25) is 40.7 Å². The van der Waals surface area contributed by atoms with Crippen LogP contribution in [0.3, 0.4) is 0 Å². The lowest BCUT2D eigenvalue weighted by atomic mass is 9.65. The summed E-state index contributed by atoms with van der Waals surface area (Å²) in [6.45, 7) is 0. The molecule has 12 unspecified atom stereocenters. The van der Waals surface area contributed by atoms with Gasteiger partial charge in [0.15, 0.2) is 6.35 Å². The molecular weight excluding hydrogens is 690 g/mol. The number of aliphatic hydroxyl groups is 1. The lowest BCUT2D eigenvalue weighted by Crippen LogP contribution is -2.77. The smallest absolute Gasteiger partial charge is 0.308 e. The zero-order chi connectivity index (χ0) is 35.3. The van der Waals surface area contributed by atoms with Crippen molar-refractivity contribution in [2.45, 2.75) is 130 Å². The van der Waals surface area contributed by atoms with E-state index < -0.39 is 93.5 Å². The molecule has 0 bridgehead atoms. The van der Waals surface area contributed by atoms with Crippen molar-refractivity contribution in [3.05, 3.63) is 0 Å². The minimum Gasteiger partial charge on any atom is -0.481 e. The Morgan fingerprint density at radius 1 is 0.898 bits per heavy atom. The van der Waals surface area contributed by atoms with Gasteiger partial charge in [0.25, 0.3) is 10.1 Å². The number of methoxy groups -OCH3 is 1. The summed E-state index contributed by atoms with van der Waals surface area (Å²) in [6, 6.07) is -2.12. The van der Waals surface area contributed by atoms with Crippen LogP contribution in [0.1, 0.15) is 70.6 Å². The van der Waals surface area contributed by atoms with Gasteiger partial charge in [0.05, 0.1) is 34.5 Å². The van der Waals surface area contributed by atoms with Crippen LogP contribution in [0.25, 0.3) is 0 Å². The lowest BCUT2D eigenvalue weighted by molar-refractivity contribution is -0.432. The highest BCUT2D eigenvalue weighted by atomic mass is 32.2. The average Bonchev–Trinajstić information content (AvgIpc) is 3.06. The second kappa shape index (κ2) is 17.3. The zero-order valence-corrected chi connectivity index (χ0v) is 28.8. The first-order valence-corrected chi connectivity index (χ1v) is 19.1. The Balaban J connectivity index is 1.35. The Labute approximate surface area is 288 Å². The first kappa shape index (κ1) is 38.6. The van der Waals surface area contributed by atoms with Gasteiger partial charge in [0.1, 0.15) is 18.6 Å². The van der Waals surface area contributed by atoms with Gasteiger partial charge in [-0.2, -0.15) is 18.6 Å². The standard InChI is InChI=1S/C28H49N7O12S2/c1-45-28-32-26(29-15-8-6-13(7-9-15)24(37)38)31-27(33-28)30-19-12-16(49(42,43)44)10-14-11-20(48-47-46-41)22(23(36)21(14)19)35-34-18-5-3-2-4-17(18)25(39)40/h13-23,26-33,36,41H,2-12H2,1H3,(H,37,38)(H,39,40)(H,42,43,44). The van der Waals surface area contributed by atoms with Crippen LogP contribution in [0.4, 0.5) is 0 Å². The molecule has 1 aliphatic heterocycles. The van der Waals surface area contributed by atoms with E-state index in [4.69, 9.17) is 14.3 Å². The van der Waals surface area contributed by atoms with Crippen molar-refractivity contribution in [1.82, 2.24) is 26.6 Å². The highest BCUT2D eigenvalue weighted by molar-refractivity contribution is 7.95. The number of hydrogen-bond acceptors (Lipinski definition) is 17. The van der Waals surface area contributed by atoms with Gasteiger partial charge in [0, 0.05) is 37.2 Å². The van der Waals surface area contributed by atoms with Crippen molar-refractivity contribution in [2.24, 2.45) is 33.9 Å². The summed E-state index contributed by atoms with van der Waals surface area (Å²) in [6.07, 6.45) is 2.30. The third kappa shape index (κ3) is 9.84. The third-order valence-electron chi connectivity index (χ3n) is 10.8. The summed E-state index contributed by atoms with van der Waals surface area (Å²) in [5.74, 6) is -3.84. The molecule has 1 saturated heterocycles. The van der Waals surface area contributed by atoms with E-state index in [1.807, 2.05) is 0 Å². The highest BCUT2D eigenvalue weighted by Crippen LogP contribution is 2.47. The van der Waals surface area contributed by atoms with Crippen molar-refractivity contribution in [2.75, 3.05) is 7.11 Å². The molecule has 4 saturated carbocycles. The lowest BCUT2D eigenvalue weighted by Gasteiger charge is -2.51. The van der Waals surface area contributed by atoms with Crippen LogP contribution in [0.2, 0.25) is 0 Å². The molecule has 0 radical (unpaired) electrons. The first-order chi connectivity index (χ1) is 23.4. The molecule has 19 nitrogen and oxygen atoms in total. The fraction of sp³-hybridized carbons (Fsp3) is 0.929. The molecule has 1 heterocycles. The topological polar surface area (TPSA) is 282 Å². The van der Waals surface area contributed by atoms with Crippen LogP contribution in [0.15, 0.2) is 10.2 Å². The van der Waals surface area contributed by atoms with Gasteiger partial charge in [-0.1, -0.05) is 17.9 Å². The van der Waals surface area contributed by atoms with E-state index in [9.17, 15) is 37.9 Å². The number of rotatable bonds is 13. The molecule has 0 spiro atoms. The summed E-state index contributed by atoms with van der Waals surface area (Å²) < 4.78 is 45.4. The number of carboxylic acids is 2. The van der Waals surface area contributed by atoms with Gasteiger partial charge in [0.2, 0.25) is 0 Å². The maximum atomic E-state index is 12.5. The van der Waals surface area contributed by atoms with Crippen molar-refractivity contribution < 1.29 is 57.2 Å². The normalized spacial score (nSPS) is 42.0. The van der Waals surface area contributed by atoms with Gasteiger partial charge < -0.3 is 20.1 Å². The van der Waals surface area contributed by atoms with E-state index in [0.29, 0.717) is 50.6 Å². The predicted octanol–water partition coefficient (Wildman–Crippen LogP) is 0.407. The molecule has 0 aromatic rings. The molecule has 10 N–H and O–H groups in total. The zero-order valence-electron chi connectivity index (χ0n) is 27.2. The summed E-state index contributed by atoms with van der Waals surface area (Å²) >= 11 is 0.701. The number of azo groups is 1. The Hall–Kier alpha value is -1.60. The van der Waals surface area contributed by atoms with Crippen LogP contribution in [0, 0.1) is 23.7 Å². The number of hydrogen-bond donors (Lipinski definition) is 10. The molecule has 49 heavy (non-hydrogen) atoms. The monoisotopic (exact) mass is 739 g/mol. The predicted molar refractivity (Wildman–Crippen MR) is 172 cm³/mol. The van der Waals surface area contributed by atoms with Crippen molar-refractivity contribution in [3.8, 4) is 0 Å². The number of nitrogens with zero attached hydrogens (tertiary/aromatic N) is 2. The van der Waals surface area contributed by atoms with Crippen LogP contribution in [0.5, 0.6) is 0 Å². The number of aliphatic carboxylic acids is 2. The van der Waals surface area contributed by atoms with E-state index in [0.717, 1.165) is 12.8 Å². The Morgan fingerprint density at radius 2 is 1.59 bits per heavy atom. The van der Waals surface area contributed by atoms with E-state index in [-0.39, 0.29) is 31.2 Å². The number of fused-ring (bicyclic) bond motifs is 1. The SMILES string of the molecule is COC1NC(NC2CCC(C(=O)O)CC2)NC(NC2CC(S(=O)(=O)O)CC3CC(SOOO)C(N=NC4CCCCC4C(=O)O)C(O)C32)N1. The highest BCUT2D eigenvalue weighted by Gasteiger charge is 2.53. The maximum Gasteiger partial charge on any atom is 0.308 e.